The van der Waals surface area contributed by atoms with Crippen LogP contribution in [0.4, 0.5) is 13.2 Å². The predicted molar refractivity (Wildman–Crippen MR) is 100 cm³/mol. The highest BCUT2D eigenvalue weighted by Crippen LogP contribution is 2.31. The predicted octanol–water partition coefficient (Wildman–Crippen LogP) is 2.83. The molecule has 0 bridgehead atoms. The number of benzene rings is 2. The molecule has 0 spiro atoms. The third kappa shape index (κ3) is 4.05. The van der Waals surface area contributed by atoms with Crippen molar-refractivity contribution in [2.75, 3.05) is 32.8 Å². The van der Waals surface area contributed by atoms with E-state index in [9.17, 15) is 22.8 Å². The zero-order chi connectivity index (χ0) is 21.3. The standard InChI is InChI=1S/C21H19F3N2O4/c22-21(23,24)15-7-5-14(6-8-15)19(27)25-9-11-26(12-10-25)20(28)18-13-29-16-3-1-2-4-17(16)30-18/h1-8,18H,9-13H2. The van der Waals surface area contributed by atoms with Gasteiger partial charge in [-0.1, -0.05) is 12.1 Å². The number of amides is 2. The minimum atomic E-state index is -4.45. The lowest BCUT2D eigenvalue weighted by Crippen LogP contribution is -2.55. The Balaban J connectivity index is 1.33. The normalized spacial score (nSPS) is 18.8. The van der Waals surface area contributed by atoms with Crippen LogP contribution in [0.5, 0.6) is 11.5 Å². The second-order valence-corrected chi connectivity index (χ2v) is 7.06. The number of piperazine rings is 1. The smallest absolute Gasteiger partial charge is 0.416 e. The number of rotatable bonds is 2. The maximum atomic E-state index is 12.8. The number of ether oxygens (including phenoxy) is 2. The lowest BCUT2D eigenvalue weighted by molar-refractivity contribution is -0.142. The van der Waals surface area contributed by atoms with Gasteiger partial charge < -0.3 is 19.3 Å². The van der Waals surface area contributed by atoms with Gasteiger partial charge in [0.2, 0.25) is 6.10 Å². The van der Waals surface area contributed by atoms with Crippen LogP contribution in [-0.2, 0) is 11.0 Å². The average Bonchev–Trinajstić information content (AvgIpc) is 2.77. The summed E-state index contributed by atoms with van der Waals surface area (Å²) < 4.78 is 49.4. The van der Waals surface area contributed by atoms with Crippen molar-refractivity contribution in [3.8, 4) is 11.5 Å². The van der Waals surface area contributed by atoms with Gasteiger partial charge in [0.25, 0.3) is 11.8 Å². The maximum absolute atomic E-state index is 12.8. The quantitative estimate of drug-likeness (QED) is 0.750. The molecule has 0 radical (unpaired) electrons. The topological polar surface area (TPSA) is 59.1 Å². The summed E-state index contributed by atoms with van der Waals surface area (Å²) in [6.07, 6.45) is -5.20. The van der Waals surface area contributed by atoms with Crippen molar-refractivity contribution in [3.05, 3.63) is 59.7 Å². The summed E-state index contributed by atoms with van der Waals surface area (Å²) in [5, 5.41) is 0. The molecule has 2 aromatic carbocycles. The van der Waals surface area contributed by atoms with Crippen molar-refractivity contribution in [3.63, 3.8) is 0 Å². The zero-order valence-electron chi connectivity index (χ0n) is 15.9. The summed E-state index contributed by atoms with van der Waals surface area (Å²) in [4.78, 5) is 28.5. The van der Waals surface area contributed by atoms with E-state index in [0.29, 0.717) is 24.6 Å². The minimum Gasteiger partial charge on any atom is -0.485 e. The van der Waals surface area contributed by atoms with Crippen LogP contribution in [0.15, 0.2) is 48.5 Å². The Hall–Kier alpha value is -3.23. The van der Waals surface area contributed by atoms with Crippen LogP contribution in [0.1, 0.15) is 15.9 Å². The molecule has 1 atom stereocenters. The molecule has 9 heteroatoms. The van der Waals surface area contributed by atoms with Gasteiger partial charge in [0.05, 0.1) is 5.56 Å². The third-order valence-electron chi connectivity index (χ3n) is 5.12. The molecular formula is C21H19F3N2O4. The number of hydrogen-bond acceptors (Lipinski definition) is 4. The van der Waals surface area contributed by atoms with E-state index in [2.05, 4.69) is 0 Å². The summed E-state index contributed by atoms with van der Waals surface area (Å²) in [6.45, 7) is 1.31. The fourth-order valence-electron chi connectivity index (χ4n) is 3.46. The van der Waals surface area contributed by atoms with E-state index >= 15 is 0 Å². The van der Waals surface area contributed by atoms with Gasteiger partial charge in [-0.05, 0) is 36.4 Å². The molecule has 0 N–H and O–H groups in total. The number of alkyl halides is 3. The van der Waals surface area contributed by atoms with Crippen molar-refractivity contribution in [2.24, 2.45) is 0 Å². The van der Waals surface area contributed by atoms with Gasteiger partial charge >= 0.3 is 6.18 Å². The van der Waals surface area contributed by atoms with Gasteiger partial charge in [-0.2, -0.15) is 13.2 Å². The van der Waals surface area contributed by atoms with E-state index in [0.717, 1.165) is 12.1 Å². The highest BCUT2D eigenvalue weighted by molar-refractivity contribution is 5.94. The lowest BCUT2D eigenvalue weighted by Gasteiger charge is -2.37. The Morgan fingerprint density at radius 1 is 0.867 bits per heavy atom. The van der Waals surface area contributed by atoms with Gasteiger partial charge in [0.15, 0.2) is 11.5 Å². The average molecular weight is 420 g/mol. The summed E-state index contributed by atoms with van der Waals surface area (Å²) >= 11 is 0. The lowest BCUT2D eigenvalue weighted by atomic mass is 10.1. The largest absolute Gasteiger partial charge is 0.485 e. The molecule has 0 aromatic heterocycles. The third-order valence-corrected chi connectivity index (χ3v) is 5.12. The first kappa shape index (κ1) is 20.1. The van der Waals surface area contributed by atoms with Gasteiger partial charge in [-0.15, -0.1) is 0 Å². The maximum Gasteiger partial charge on any atom is 0.416 e. The Morgan fingerprint density at radius 2 is 1.47 bits per heavy atom. The second kappa shape index (κ2) is 7.89. The van der Waals surface area contributed by atoms with Crippen LogP contribution in [0.25, 0.3) is 0 Å². The summed E-state index contributed by atoms with van der Waals surface area (Å²) in [5.74, 6) is 0.528. The Labute approximate surface area is 170 Å². The molecule has 1 unspecified atom stereocenters. The van der Waals surface area contributed by atoms with Crippen LogP contribution in [0.3, 0.4) is 0 Å². The number of carbonyl (C=O) groups is 2. The van der Waals surface area contributed by atoms with Gasteiger partial charge in [-0.25, -0.2) is 0 Å². The van der Waals surface area contributed by atoms with Crippen LogP contribution in [0.2, 0.25) is 0 Å². The van der Waals surface area contributed by atoms with Crippen molar-refractivity contribution in [1.29, 1.82) is 0 Å². The van der Waals surface area contributed by atoms with Gasteiger partial charge in [0.1, 0.15) is 6.61 Å². The first-order valence-electron chi connectivity index (χ1n) is 9.47. The van der Waals surface area contributed by atoms with Crippen molar-refractivity contribution < 1.29 is 32.2 Å². The SMILES string of the molecule is O=C(c1ccc(C(F)(F)F)cc1)N1CCN(C(=O)C2COc3ccccc3O2)CC1. The molecule has 2 aliphatic heterocycles. The number of para-hydroxylation sites is 2. The molecule has 2 aliphatic rings. The van der Waals surface area contributed by atoms with Crippen LogP contribution >= 0.6 is 0 Å². The highest BCUT2D eigenvalue weighted by Gasteiger charge is 2.34. The van der Waals surface area contributed by atoms with E-state index in [1.807, 2.05) is 6.07 Å². The first-order chi connectivity index (χ1) is 14.3. The highest BCUT2D eigenvalue weighted by atomic mass is 19.4. The molecule has 1 saturated heterocycles. The molecule has 2 aromatic rings. The molecule has 2 heterocycles. The number of fused-ring (bicyclic) bond motifs is 1. The molecule has 0 saturated carbocycles. The number of nitrogens with zero attached hydrogens (tertiary/aromatic N) is 2. The first-order valence-corrected chi connectivity index (χ1v) is 9.47. The van der Waals surface area contributed by atoms with E-state index in [4.69, 9.17) is 9.47 Å². The van der Waals surface area contributed by atoms with Crippen molar-refractivity contribution in [1.82, 2.24) is 9.80 Å². The molecule has 4 rings (SSSR count). The molecule has 0 aliphatic carbocycles. The zero-order valence-corrected chi connectivity index (χ0v) is 15.9. The van der Waals surface area contributed by atoms with Crippen LogP contribution in [-0.4, -0.2) is 60.5 Å². The Bertz CT molecular complexity index is 938. The fraction of sp³-hybridized carbons (Fsp3) is 0.333. The number of hydrogen-bond donors (Lipinski definition) is 0. The van der Waals surface area contributed by atoms with Crippen molar-refractivity contribution >= 4 is 11.8 Å². The van der Waals surface area contributed by atoms with E-state index < -0.39 is 17.8 Å². The number of halogens is 3. The van der Waals surface area contributed by atoms with Gasteiger partial charge in [-0.3, -0.25) is 9.59 Å². The molecule has 158 valence electrons. The number of carbonyl (C=O) groups excluding carboxylic acids is 2. The molecule has 1 fully saturated rings. The second-order valence-electron chi connectivity index (χ2n) is 7.06. The Kier molecular flexibility index (Phi) is 5.27. The summed E-state index contributed by atoms with van der Waals surface area (Å²) in [5.41, 5.74) is -0.617. The summed E-state index contributed by atoms with van der Waals surface area (Å²) in [7, 11) is 0. The molecule has 30 heavy (non-hydrogen) atoms. The van der Waals surface area contributed by atoms with Crippen LogP contribution in [0, 0.1) is 0 Å². The van der Waals surface area contributed by atoms with Crippen molar-refractivity contribution in [2.45, 2.75) is 12.3 Å². The minimum absolute atomic E-state index is 0.112. The Morgan fingerprint density at radius 3 is 2.10 bits per heavy atom. The van der Waals surface area contributed by atoms with Gasteiger partial charge in [0, 0.05) is 31.7 Å². The van der Waals surface area contributed by atoms with Crippen LogP contribution < -0.4 is 9.47 Å². The monoisotopic (exact) mass is 420 g/mol. The van der Waals surface area contributed by atoms with E-state index in [1.165, 1.54) is 17.0 Å². The molecule has 6 nitrogen and oxygen atoms in total. The fourth-order valence-corrected chi connectivity index (χ4v) is 3.46. The summed E-state index contributed by atoms with van der Waals surface area (Å²) in [6, 6.07) is 11.2. The van der Waals surface area contributed by atoms with E-state index in [-0.39, 0.29) is 37.1 Å². The van der Waals surface area contributed by atoms with E-state index in [1.54, 1.807) is 23.1 Å². The molecular weight excluding hydrogens is 401 g/mol. The molecule has 2 amide bonds.